The van der Waals surface area contributed by atoms with Gasteiger partial charge in [-0.1, -0.05) is 34.1 Å². The quantitative estimate of drug-likeness (QED) is 0.567. The highest BCUT2D eigenvalue weighted by molar-refractivity contribution is 5.85. The highest BCUT2D eigenvalue weighted by atomic mass is 16.1. The lowest BCUT2D eigenvalue weighted by atomic mass is 9.41. The molecule has 1 heteroatoms. The maximum Gasteiger partial charge on any atom is 0.138 e. The molecule has 0 spiro atoms. The minimum atomic E-state index is -0.0750. The fraction of sp³-hybridized carbons (Fsp3) is 0.952. The van der Waals surface area contributed by atoms with E-state index in [1.165, 1.54) is 51.4 Å². The van der Waals surface area contributed by atoms with Gasteiger partial charge in [-0.15, -0.1) is 0 Å². The van der Waals surface area contributed by atoms with Gasteiger partial charge in [-0.3, -0.25) is 4.79 Å². The molecule has 0 heterocycles. The maximum atomic E-state index is 12.5. The average molecular weight is 303 g/mol. The van der Waals surface area contributed by atoms with Crippen LogP contribution in [-0.4, -0.2) is 5.78 Å². The zero-order valence-corrected chi connectivity index (χ0v) is 15.1. The molecule has 124 valence electrons. The summed E-state index contributed by atoms with van der Waals surface area (Å²) in [5.74, 6) is 4.02. The van der Waals surface area contributed by atoms with E-state index in [2.05, 4.69) is 27.7 Å². The topological polar surface area (TPSA) is 17.1 Å². The summed E-state index contributed by atoms with van der Waals surface area (Å²) < 4.78 is 0. The van der Waals surface area contributed by atoms with Gasteiger partial charge in [-0.2, -0.15) is 0 Å². The number of fused-ring (bicyclic) bond motifs is 5. The van der Waals surface area contributed by atoms with Crippen LogP contribution in [0, 0.1) is 39.9 Å². The minimum absolute atomic E-state index is 0.0750. The van der Waals surface area contributed by atoms with Gasteiger partial charge < -0.3 is 0 Å². The fourth-order valence-electron chi connectivity index (χ4n) is 7.89. The van der Waals surface area contributed by atoms with Crippen molar-refractivity contribution in [1.29, 1.82) is 0 Å². The van der Waals surface area contributed by atoms with E-state index in [4.69, 9.17) is 0 Å². The van der Waals surface area contributed by atoms with Gasteiger partial charge in [-0.25, -0.2) is 0 Å². The largest absolute Gasteiger partial charge is 0.299 e. The second kappa shape index (κ2) is 4.61. The predicted molar refractivity (Wildman–Crippen MR) is 90.5 cm³/mol. The average Bonchev–Trinajstić information content (AvgIpc) is 2.85. The smallest absolute Gasteiger partial charge is 0.138 e. The molecule has 1 nitrogen and oxygen atoms in total. The fourth-order valence-corrected chi connectivity index (χ4v) is 7.89. The van der Waals surface area contributed by atoms with Crippen molar-refractivity contribution in [3.63, 3.8) is 0 Å². The predicted octanol–water partition coefficient (Wildman–Crippen LogP) is 5.62. The number of Topliss-reactive ketones (excluding diaryl/α,β-unsaturated/α-hetero) is 1. The lowest BCUT2D eigenvalue weighted by Crippen LogP contribution is -2.57. The molecule has 4 rings (SSSR count). The van der Waals surface area contributed by atoms with Crippen LogP contribution in [0.5, 0.6) is 0 Å². The molecule has 0 aliphatic heterocycles. The summed E-state index contributed by atoms with van der Waals surface area (Å²) in [6, 6.07) is 0. The number of carbonyl (C=O) groups excluding carboxylic acids is 1. The zero-order chi connectivity index (χ0) is 15.8. The lowest BCUT2D eigenvalue weighted by Gasteiger charge is -2.62. The molecule has 0 aromatic carbocycles. The van der Waals surface area contributed by atoms with Crippen LogP contribution in [0.1, 0.15) is 85.5 Å². The van der Waals surface area contributed by atoms with Crippen molar-refractivity contribution in [2.24, 2.45) is 39.9 Å². The summed E-state index contributed by atoms with van der Waals surface area (Å²) in [4.78, 5) is 12.5. The van der Waals surface area contributed by atoms with E-state index < -0.39 is 0 Å². The Labute approximate surface area is 136 Å². The summed E-state index contributed by atoms with van der Waals surface area (Å²) in [6.07, 6.45) is 12.0. The number of hydrogen-bond donors (Lipinski definition) is 0. The molecule has 0 saturated heterocycles. The van der Waals surface area contributed by atoms with Crippen LogP contribution < -0.4 is 0 Å². The van der Waals surface area contributed by atoms with Crippen LogP contribution in [-0.2, 0) is 4.79 Å². The number of carbonyl (C=O) groups is 1. The van der Waals surface area contributed by atoms with Gasteiger partial charge in [0.05, 0.1) is 0 Å². The van der Waals surface area contributed by atoms with Crippen LogP contribution in [0.4, 0.5) is 0 Å². The SMILES string of the molecule is CC1(C)C(=O)CC[C@]2(C)[C@H]3CC[C@@]4(C)CCC[C@@H]4[C@@H]3CC[C@@H]12. The monoisotopic (exact) mass is 302 g/mol. The molecule has 0 aromatic rings. The third-order valence-corrected chi connectivity index (χ3v) is 9.13. The molecule has 4 aliphatic rings. The van der Waals surface area contributed by atoms with Gasteiger partial charge in [0.15, 0.2) is 0 Å². The van der Waals surface area contributed by atoms with Crippen molar-refractivity contribution in [1.82, 2.24) is 0 Å². The van der Waals surface area contributed by atoms with E-state index in [-0.39, 0.29) is 5.41 Å². The van der Waals surface area contributed by atoms with Crippen LogP contribution in [0.2, 0.25) is 0 Å². The van der Waals surface area contributed by atoms with E-state index in [1.807, 2.05) is 0 Å². The first kappa shape index (κ1) is 15.2. The van der Waals surface area contributed by atoms with Crippen LogP contribution in [0.15, 0.2) is 0 Å². The van der Waals surface area contributed by atoms with Crippen molar-refractivity contribution < 1.29 is 4.79 Å². The van der Waals surface area contributed by atoms with Crippen molar-refractivity contribution in [2.45, 2.75) is 85.5 Å². The third-order valence-electron chi connectivity index (χ3n) is 9.13. The maximum absolute atomic E-state index is 12.5. The molecule has 0 N–H and O–H groups in total. The Morgan fingerprint density at radius 3 is 2.41 bits per heavy atom. The molecule has 0 unspecified atom stereocenters. The van der Waals surface area contributed by atoms with Gasteiger partial charge in [0.25, 0.3) is 0 Å². The molecule has 6 atom stereocenters. The van der Waals surface area contributed by atoms with Gasteiger partial charge in [0, 0.05) is 11.8 Å². The second-order valence-electron chi connectivity index (χ2n) is 10.2. The number of rotatable bonds is 0. The molecule has 0 amide bonds. The Morgan fingerprint density at radius 2 is 1.64 bits per heavy atom. The summed E-state index contributed by atoms with van der Waals surface area (Å²) in [5.41, 5.74) is 1.02. The molecule has 4 fully saturated rings. The molecule has 0 bridgehead atoms. The molecule has 4 aliphatic carbocycles. The standard InChI is InChI=1S/C21H34O/c1-19(2)17-8-7-14-15-6-5-11-20(15,3)12-9-16(14)21(17,4)13-10-18(19)22/h14-17H,5-13H2,1-4H3/t14-,15+,16-,17-,20+,21+/m0/s1. The third kappa shape index (κ3) is 1.80. The van der Waals surface area contributed by atoms with E-state index in [1.54, 1.807) is 0 Å². The van der Waals surface area contributed by atoms with Gasteiger partial charge in [-0.05, 0) is 79.4 Å². The first-order chi connectivity index (χ1) is 10.3. The van der Waals surface area contributed by atoms with E-state index in [9.17, 15) is 4.79 Å². The van der Waals surface area contributed by atoms with Crippen LogP contribution in [0.25, 0.3) is 0 Å². The summed E-state index contributed by atoms with van der Waals surface area (Å²) in [5, 5.41) is 0. The Balaban J connectivity index is 1.68. The van der Waals surface area contributed by atoms with E-state index in [0.29, 0.717) is 22.5 Å². The van der Waals surface area contributed by atoms with Gasteiger partial charge >= 0.3 is 0 Å². The zero-order valence-electron chi connectivity index (χ0n) is 15.1. The first-order valence-electron chi connectivity index (χ1n) is 9.82. The molecule has 22 heavy (non-hydrogen) atoms. The van der Waals surface area contributed by atoms with Crippen LogP contribution >= 0.6 is 0 Å². The summed E-state index contributed by atoms with van der Waals surface area (Å²) in [7, 11) is 0. The number of ketones is 1. The first-order valence-corrected chi connectivity index (χ1v) is 9.82. The Bertz CT molecular complexity index is 492. The molecule has 0 radical (unpaired) electrons. The Morgan fingerprint density at radius 1 is 0.864 bits per heavy atom. The summed E-state index contributed by atoms with van der Waals surface area (Å²) >= 11 is 0. The molecular weight excluding hydrogens is 268 g/mol. The Kier molecular flexibility index (Phi) is 3.18. The van der Waals surface area contributed by atoms with Crippen molar-refractivity contribution >= 4 is 5.78 Å². The Hall–Kier alpha value is -0.330. The van der Waals surface area contributed by atoms with Crippen molar-refractivity contribution in [3.05, 3.63) is 0 Å². The minimum Gasteiger partial charge on any atom is -0.299 e. The molecule has 4 saturated carbocycles. The summed E-state index contributed by atoms with van der Waals surface area (Å²) in [6.45, 7) is 9.66. The molecule has 0 aromatic heterocycles. The normalized spacial score (nSPS) is 53.5. The lowest BCUT2D eigenvalue weighted by molar-refractivity contribution is -0.162. The van der Waals surface area contributed by atoms with Gasteiger partial charge in [0.1, 0.15) is 5.78 Å². The highest BCUT2D eigenvalue weighted by Gasteiger charge is 2.61. The van der Waals surface area contributed by atoms with Crippen molar-refractivity contribution in [3.8, 4) is 0 Å². The number of hydrogen-bond acceptors (Lipinski definition) is 1. The van der Waals surface area contributed by atoms with E-state index >= 15 is 0 Å². The van der Waals surface area contributed by atoms with Crippen molar-refractivity contribution in [2.75, 3.05) is 0 Å². The van der Waals surface area contributed by atoms with Gasteiger partial charge in [0.2, 0.25) is 0 Å². The van der Waals surface area contributed by atoms with Crippen LogP contribution in [0.3, 0.4) is 0 Å². The highest BCUT2D eigenvalue weighted by Crippen LogP contribution is 2.68. The van der Waals surface area contributed by atoms with E-state index in [0.717, 1.165) is 24.2 Å². The second-order valence-corrected chi connectivity index (χ2v) is 10.2. The molecular formula is C21H34O.